The second-order valence-corrected chi connectivity index (χ2v) is 5.31. The minimum atomic E-state index is -0.437. The summed E-state index contributed by atoms with van der Waals surface area (Å²) in [6.45, 7) is 2.77. The van der Waals surface area contributed by atoms with Crippen LogP contribution in [0.25, 0.3) is 5.65 Å². The molecule has 0 amide bonds. The van der Waals surface area contributed by atoms with E-state index in [9.17, 15) is 4.79 Å². The maximum absolute atomic E-state index is 12.2. The van der Waals surface area contributed by atoms with E-state index in [0.717, 1.165) is 25.7 Å². The summed E-state index contributed by atoms with van der Waals surface area (Å²) < 4.78 is 6.59. The van der Waals surface area contributed by atoms with Gasteiger partial charge in [-0.3, -0.25) is 4.79 Å². The summed E-state index contributed by atoms with van der Waals surface area (Å²) in [7, 11) is 0. The fourth-order valence-electron chi connectivity index (χ4n) is 2.79. The molecule has 1 aliphatic rings. The molecule has 2 aromatic rings. The number of rotatable bonds is 5. The smallest absolute Gasteiger partial charge is 0.313 e. The van der Waals surface area contributed by atoms with Crippen molar-refractivity contribution in [2.75, 3.05) is 18.5 Å². The number of anilines is 1. The highest BCUT2D eigenvalue weighted by Crippen LogP contribution is 2.39. The first-order valence-corrected chi connectivity index (χ1v) is 7.20. The zero-order valence-corrected chi connectivity index (χ0v) is 11.9. The lowest BCUT2D eigenvalue weighted by Crippen LogP contribution is -2.37. The molecule has 112 valence electrons. The first-order valence-electron chi connectivity index (χ1n) is 7.20. The van der Waals surface area contributed by atoms with E-state index >= 15 is 0 Å². The summed E-state index contributed by atoms with van der Waals surface area (Å²) in [5.41, 5.74) is 0.148. The minimum Gasteiger partial charge on any atom is -0.466 e. The average molecular weight is 290 g/mol. The molecule has 2 aromatic heterocycles. The lowest BCUT2D eigenvalue weighted by molar-refractivity contribution is -0.154. The topological polar surface area (TPSA) is 94.3 Å². The van der Waals surface area contributed by atoms with Crippen molar-refractivity contribution in [3.63, 3.8) is 0 Å². The van der Waals surface area contributed by atoms with Gasteiger partial charge in [0.2, 0.25) is 0 Å². The molecule has 21 heavy (non-hydrogen) atoms. The fraction of sp³-hybridized carbons (Fsp3) is 0.615. The third-order valence-corrected chi connectivity index (χ3v) is 3.95. The summed E-state index contributed by atoms with van der Waals surface area (Å²) in [5, 5.41) is 18.6. The van der Waals surface area contributed by atoms with Crippen molar-refractivity contribution in [3.05, 3.63) is 12.1 Å². The van der Waals surface area contributed by atoms with Gasteiger partial charge in [0, 0.05) is 6.54 Å². The van der Waals surface area contributed by atoms with Gasteiger partial charge >= 0.3 is 5.97 Å². The summed E-state index contributed by atoms with van der Waals surface area (Å²) in [6, 6.07) is 3.58. The maximum Gasteiger partial charge on any atom is 0.313 e. The third kappa shape index (κ3) is 2.65. The number of nitrogens with one attached hydrogen (secondary N) is 1. The summed E-state index contributed by atoms with van der Waals surface area (Å²) in [6.07, 6.45) is 3.82. The first-order chi connectivity index (χ1) is 10.2. The van der Waals surface area contributed by atoms with Crippen LogP contribution in [0, 0.1) is 5.41 Å². The lowest BCUT2D eigenvalue weighted by Gasteiger charge is -2.26. The molecular weight excluding hydrogens is 272 g/mol. The number of ether oxygens (including phenoxy) is 1. The van der Waals surface area contributed by atoms with Gasteiger partial charge in [-0.15, -0.1) is 14.8 Å². The minimum absolute atomic E-state index is 0.112. The Bertz CT molecular complexity index is 634. The predicted molar refractivity (Wildman–Crippen MR) is 74.6 cm³/mol. The molecule has 0 aliphatic heterocycles. The van der Waals surface area contributed by atoms with E-state index in [0.29, 0.717) is 24.6 Å². The van der Waals surface area contributed by atoms with Gasteiger partial charge < -0.3 is 10.1 Å². The molecule has 0 radical (unpaired) electrons. The Morgan fingerprint density at radius 2 is 2.24 bits per heavy atom. The molecule has 2 heterocycles. The van der Waals surface area contributed by atoms with E-state index in [1.165, 1.54) is 4.63 Å². The molecule has 0 unspecified atom stereocenters. The molecule has 0 aromatic carbocycles. The molecule has 0 atom stereocenters. The molecule has 1 aliphatic carbocycles. The third-order valence-electron chi connectivity index (χ3n) is 3.95. The Balaban J connectivity index is 1.73. The maximum atomic E-state index is 12.2. The van der Waals surface area contributed by atoms with Crippen LogP contribution in [0.2, 0.25) is 0 Å². The average Bonchev–Trinajstić information content (AvgIpc) is 3.15. The summed E-state index contributed by atoms with van der Waals surface area (Å²) in [4.78, 5) is 12.2. The van der Waals surface area contributed by atoms with Crippen LogP contribution in [0.4, 0.5) is 5.82 Å². The summed E-state index contributed by atoms with van der Waals surface area (Å²) >= 11 is 0. The fourth-order valence-corrected chi connectivity index (χ4v) is 2.79. The van der Waals surface area contributed by atoms with E-state index in [1.807, 2.05) is 6.92 Å². The van der Waals surface area contributed by atoms with Gasteiger partial charge in [-0.1, -0.05) is 12.8 Å². The van der Waals surface area contributed by atoms with Crippen LogP contribution >= 0.6 is 0 Å². The number of hydrogen-bond acceptors (Lipinski definition) is 7. The highest BCUT2D eigenvalue weighted by Gasteiger charge is 2.42. The van der Waals surface area contributed by atoms with Crippen LogP contribution in [0.3, 0.4) is 0 Å². The number of carbonyl (C=O) groups is 1. The standard InChI is InChI=1S/C13H18N6O2/c1-2-21-12(20)13(7-3-4-8-13)9-14-10-5-6-11-15-17-18-19(11)16-10/h5-6H,2-4,7-9H2,1H3,(H,14,16). The molecule has 1 fully saturated rings. The van der Waals surface area contributed by atoms with Crippen LogP contribution in [-0.2, 0) is 9.53 Å². The normalized spacial score (nSPS) is 17.0. The van der Waals surface area contributed by atoms with Gasteiger partial charge in [0.05, 0.1) is 12.0 Å². The highest BCUT2D eigenvalue weighted by atomic mass is 16.5. The van der Waals surface area contributed by atoms with Gasteiger partial charge in [-0.25, -0.2) is 0 Å². The zero-order chi connectivity index (χ0) is 14.7. The van der Waals surface area contributed by atoms with Crippen molar-refractivity contribution >= 4 is 17.4 Å². The van der Waals surface area contributed by atoms with Gasteiger partial charge in [0.25, 0.3) is 0 Å². The molecular formula is C13H18N6O2. The molecule has 3 rings (SSSR count). The number of tetrazole rings is 1. The Labute approximate surface area is 121 Å². The number of esters is 1. The van der Waals surface area contributed by atoms with Gasteiger partial charge in [0.15, 0.2) is 5.65 Å². The molecule has 8 nitrogen and oxygen atoms in total. The predicted octanol–water partition coefficient (Wildman–Crippen LogP) is 1.05. The Hall–Kier alpha value is -2.25. The lowest BCUT2D eigenvalue weighted by atomic mass is 9.86. The van der Waals surface area contributed by atoms with Crippen molar-refractivity contribution in [2.45, 2.75) is 32.6 Å². The molecule has 8 heteroatoms. The molecule has 0 saturated heterocycles. The zero-order valence-electron chi connectivity index (χ0n) is 11.9. The van der Waals surface area contributed by atoms with Crippen molar-refractivity contribution in [3.8, 4) is 0 Å². The molecule has 0 bridgehead atoms. The molecule has 0 spiro atoms. The van der Waals surface area contributed by atoms with Gasteiger partial charge in [-0.2, -0.15) is 0 Å². The van der Waals surface area contributed by atoms with Crippen molar-refractivity contribution in [1.82, 2.24) is 25.3 Å². The summed E-state index contributed by atoms with van der Waals surface area (Å²) in [5.74, 6) is 0.531. The van der Waals surface area contributed by atoms with E-state index in [4.69, 9.17) is 4.74 Å². The van der Waals surface area contributed by atoms with Crippen LogP contribution in [-0.4, -0.2) is 44.4 Å². The van der Waals surface area contributed by atoms with Crippen LogP contribution in [0.5, 0.6) is 0 Å². The highest BCUT2D eigenvalue weighted by molar-refractivity contribution is 5.78. The Morgan fingerprint density at radius 1 is 1.43 bits per heavy atom. The monoisotopic (exact) mass is 290 g/mol. The van der Waals surface area contributed by atoms with Crippen LogP contribution < -0.4 is 5.32 Å². The van der Waals surface area contributed by atoms with E-state index < -0.39 is 5.41 Å². The Kier molecular flexibility index (Phi) is 3.68. The second-order valence-electron chi connectivity index (χ2n) is 5.31. The van der Waals surface area contributed by atoms with E-state index in [1.54, 1.807) is 12.1 Å². The quantitative estimate of drug-likeness (QED) is 0.822. The SMILES string of the molecule is CCOC(=O)C1(CNc2ccc3nnnn3n2)CCCC1. The van der Waals surface area contributed by atoms with Crippen molar-refractivity contribution in [2.24, 2.45) is 5.41 Å². The van der Waals surface area contributed by atoms with Gasteiger partial charge in [-0.05, 0) is 42.3 Å². The van der Waals surface area contributed by atoms with E-state index in [-0.39, 0.29) is 5.97 Å². The van der Waals surface area contributed by atoms with Gasteiger partial charge in [0.1, 0.15) is 5.82 Å². The number of nitrogens with zero attached hydrogens (tertiary/aromatic N) is 5. The molecule has 1 saturated carbocycles. The first kappa shape index (κ1) is 13.7. The Morgan fingerprint density at radius 3 is 3.00 bits per heavy atom. The largest absolute Gasteiger partial charge is 0.466 e. The van der Waals surface area contributed by atoms with Crippen molar-refractivity contribution < 1.29 is 9.53 Å². The van der Waals surface area contributed by atoms with Crippen LogP contribution in [0.1, 0.15) is 32.6 Å². The number of carbonyl (C=O) groups excluding carboxylic acids is 1. The number of aromatic nitrogens is 5. The second kappa shape index (κ2) is 5.63. The number of hydrogen-bond donors (Lipinski definition) is 1. The number of fused-ring (bicyclic) bond motifs is 1. The van der Waals surface area contributed by atoms with Crippen molar-refractivity contribution in [1.29, 1.82) is 0 Å². The van der Waals surface area contributed by atoms with E-state index in [2.05, 4.69) is 25.9 Å². The molecule has 1 N–H and O–H groups in total. The van der Waals surface area contributed by atoms with Crippen LogP contribution in [0.15, 0.2) is 12.1 Å².